The molecule has 3 aromatic rings. The highest BCUT2D eigenvalue weighted by atomic mass is 16.7. The van der Waals surface area contributed by atoms with Gasteiger partial charge < -0.3 is 24.8 Å². The van der Waals surface area contributed by atoms with Crippen LogP contribution < -0.4 is 5.32 Å². The summed E-state index contributed by atoms with van der Waals surface area (Å²) in [6.45, 7) is 5.34. The third-order valence-corrected chi connectivity index (χ3v) is 7.87. The number of aromatic nitrogens is 1. The molecule has 0 unspecified atom stereocenters. The summed E-state index contributed by atoms with van der Waals surface area (Å²) < 4.78 is 13.2. The van der Waals surface area contributed by atoms with Crippen molar-refractivity contribution in [3.8, 4) is 0 Å². The molecule has 2 aromatic carbocycles. The minimum absolute atomic E-state index is 0.00987. The number of hydrogen-bond donors (Lipinski definition) is 2. The van der Waals surface area contributed by atoms with Gasteiger partial charge in [0, 0.05) is 36.1 Å². The molecule has 5 rings (SSSR count). The number of benzene rings is 2. The van der Waals surface area contributed by atoms with E-state index in [1.807, 2.05) is 36.4 Å². The lowest BCUT2D eigenvalue weighted by Gasteiger charge is -2.43. The summed E-state index contributed by atoms with van der Waals surface area (Å²) in [5.41, 5.74) is 4.10. The molecular formula is C32H39N3O4. The lowest BCUT2D eigenvalue weighted by Crippen LogP contribution is -2.45. The van der Waals surface area contributed by atoms with Crippen molar-refractivity contribution in [2.24, 2.45) is 5.92 Å². The molecule has 1 aromatic heterocycles. The van der Waals surface area contributed by atoms with E-state index in [0.717, 1.165) is 36.3 Å². The van der Waals surface area contributed by atoms with Gasteiger partial charge in [0.15, 0.2) is 6.29 Å². The number of hydrogen-bond acceptors (Lipinski definition) is 6. The number of anilines is 1. The third kappa shape index (κ3) is 7.11. The van der Waals surface area contributed by atoms with Crippen LogP contribution in [-0.4, -0.2) is 46.6 Å². The van der Waals surface area contributed by atoms with Crippen LogP contribution in [0.2, 0.25) is 0 Å². The zero-order valence-corrected chi connectivity index (χ0v) is 22.7. The molecule has 7 heteroatoms. The van der Waals surface area contributed by atoms with Crippen LogP contribution in [0, 0.1) is 5.92 Å². The van der Waals surface area contributed by atoms with Crippen molar-refractivity contribution < 1.29 is 19.4 Å². The van der Waals surface area contributed by atoms with E-state index in [9.17, 15) is 9.90 Å². The monoisotopic (exact) mass is 529 g/mol. The van der Waals surface area contributed by atoms with Crippen molar-refractivity contribution >= 4 is 11.6 Å². The fraction of sp³-hybridized carbons (Fsp3) is 0.438. The van der Waals surface area contributed by atoms with Gasteiger partial charge in [-0.15, -0.1) is 0 Å². The maximum atomic E-state index is 12.5. The van der Waals surface area contributed by atoms with Crippen molar-refractivity contribution in [2.45, 2.75) is 64.1 Å². The molecule has 2 N–H and O–H groups in total. The Labute approximate surface area is 231 Å². The van der Waals surface area contributed by atoms with Gasteiger partial charge in [0.05, 0.1) is 24.4 Å². The zero-order chi connectivity index (χ0) is 27.0. The number of nitrogens with zero attached hydrogens (tertiary/aromatic N) is 2. The molecule has 0 bridgehead atoms. The summed E-state index contributed by atoms with van der Waals surface area (Å²) in [6, 6.07) is 19.2. The predicted molar refractivity (Wildman–Crippen MR) is 151 cm³/mol. The van der Waals surface area contributed by atoms with Gasteiger partial charge in [0.2, 0.25) is 0 Å². The number of nitrogens with one attached hydrogen (secondary N) is 1. The second-order valence-electron chi connectivity index (χ2n) is 10.7. The minimum atomic E-state index is -0.522. The Morgan fingerprint density at radius 2 is 1.64 bits per heavy atom. The second-order valence-corrected chi connectivity index (χ2v) is 10.7. The fourth-order valence-electron chi connectivity index (χ4n) is 5.50. The molecule has 39 heavy (non-hydrogen) atoms. The van der Waals surface area contributed by atoms with Gasteiger partial charge >= 0.3 is 0 Å². The summed E-state index contributed by atoms with van der Waals surface area (Å²) in [5, 5.41) is 12.4. The number of aliphatic hydroxyl groups excluding tert-OH is 1. The predicted octanol–water partition coefficient (Wildman–Crippen LogP) is 5.88. The number of carbonyl (C=O) groups excluding carboxylic acids is 1. The molecule has 2 aliphatic rings. The Hall–Kier alpha value is -3.10. The number of likely N-dealkylation sites (tertiary alicyclic amines) is 1. The SMILES string of the molecule is C[C@H]1[C@@H](CN2CCCCCCC2)O[C@@H](c2ccc(NC(=O)c3cccnc3)cc2)O[C@H]1c1ccc(CO)cc1. The Bertz CT molecular complexity index is 1180. The van der Waals surface area contributed by atoms with Crippen LogP contribution >= 0.6 is 0 Å². The van der Waals surface area contributed by atoms with Crippen molar-refractivity contribution in [2.75, 3.05) is 25.0 Å². The van der Waals surface area contributed by atoms with E-state index in [-0.39, 0.29) is 30.6 Å². The van der Waals surface area contributed by atoms with Crippen molar-refractivity contribution in [1.29, 1.82) is 0 Å². The van der Waals surface area contributed by atoms with Gasteiger partial charge in [-0.25, -0.2) is 0 Å². The lowest BCUT2D eigenvalue weighted by molar-refractivity contribution is -0.276. The van der Waals surface area contributed by atoms with Crippen molar-refractivity contribution in [1.82, 2.24) is 9.88 Å². The van der Waals surface area contributed by atoms with Gasteiger partial charge in [-0.05, 0) is 61.3 Å². The van der Waals surface area contributed by atoms with E-state index in [0.29, 0.717) is 11.3 Å². The summed E-state index contributed by atoms with van der Waals surface area (Å²) >= 11 is 0. The Balaban J connectivity index is 1.34. The number of aliphatic hydroxyl groups is 1. The fourth-order valence-corrected chi connectivity index (χ4v) is 5.50. The molecular weight excluding hydrogens is 490 g/mol. The van der Waals surface area contributed by atoms with E-state index < -0.39 is 6.29 Å². The molecule has 0 spiro atoms. The number of carbonyl (C=O) groups is 1. The van der Waals surface area contributed by atoms with Crippen molar-refractivity contribution in [3.05, 3.63) is 95.3 Å². The number of amides is 1. The van der Waals surface area contributed by atoms with E-state index in [4.69, 9.17) is 9.47 Å². The van der Waals surface area contributed by atoms with Gasteiger partial charge in [0.25, 0.3) is 5.91 Å². The standard InChI is InChI=1S/C32H39N3O4/c1-23-29(21-35-18-5-3-2-4-6-19-35)38-32(39-30(23)25-11-9-24(22-36)10-12-25)26-13-15-28(16-14-26)34-31(37)27-8-7-17-33-20-27/h7-17,20,23,29-30,32,36H,2-6,18-19,21-22H2,1H3,(H,34,37)/t23-,29+,30+,32+/m0/s1. The molecule has 2 saturated heterocycles. The third-order valence-electron chi connectivity index (χ3n) is 7.87. The van der Waals surface area contributed by atoms with Crippen LogP contribution in [0.15, 0.2) is 73.1 Å². The Morgan fingerprint density at radius 3 is 2.31 bits per heavy atom. The molecule has 7 nitrogen and oxygen atoms in total. The molecule has 2 fully saturated rings. The van der Waals surface area contributed by atoms with E-state index in [1.54, 1.807) is 24.5 Å². The molecule has 2 aliphatic heterocycles. The summed E-state index contributed by atoms with van der Waals surface area (Å²) in [4.78, 5) is 19.1. The molecule has 0 aliphatic carbocycles. The molecule has 0 radical (unpaired) electrons. The first-order valence-corrected chi connectivity index (χ1v) is 14.1. The van der Waals surface area contributed by atoms with Gasteiger partial charge in [-0.1, -0.05) is 62.6 Å². The second kappa shape index (κ2) is 13.3. The minimum Gasteiger partial charge on any atom is -0.392 e. The topological polar surface area (TPSA) is 83.9 Å². The van der Waals surface area contributed by atoms with Gasteiger partial charge in [-0.2, -0.15) is 0 Å². The summed E-state index contributed by atoms with van der Waals surface area (Å²) in [7, 11) is 0. The molecule has 3 heterocycles. The van der Waals surface area contributed by atoms with Crippen LogP contribution in [0.1, 0.15) is 78.5 Å². The van der Waals surface area contributed by atoms with Crippen LogP contribution in [0.5, 0.6) is 0 Å². The first-order chi connectivity index (χ1) is 19.1. The van der Waals surface area contributed by atoms with Crippen LogP contribution in [0.25, 0.3) is 0 Å². The molecule has 0 saturated carbocycles. The highest BCUT2D eigenvalue weighted by Crippen LogP contribution is 2.42. The summed E-state index contributed by atoms with van der Waals surface area (Å²) in [6.07, 6.45) is 8.95. The maximum absolute atomic E-state index is 12.5. The van der Waals surface area contributed by atoms with Crippen LogP contribution in [0.4, 0.5) is 5.69 Å². The van der Waals surface area contributed by atoms with Gasteiger partial charge in [0.1, 0.15) is 0 Å². The number of pyridine rings is 1. The van der Waals surface area contributed by atoms with Gasteiger partial charge in [-0.3, -0.25) is 9.78 Å². The Morgan fingerprint density at radius 1 is 0.949 bits per heavy atom. The van der Waals surface area contributed by atoms with E-state index >= 15 is 0 Å². The van der Waals surface area contributed by atoms with E-state index in [1.165, 1.54) is 32.1 Å². The zero-order valence-electron chi connectivity index (χ0n) is 22.7. The number of ether oxygens (including phenoxy) is 2. The first-order valence-electron chi connectivity index (χ1n) is 14.1. The molecule has 206 valence electrons. The average Bonchev–Trinajstić information content (AvgIpc) is 2.96. The summed E-state index contributed by atoms with van der Waals surface area (Å²) in [5.74, 6) is -0.0424. The smallest absolute Gasteiger partial charge is 0.257 e. The highest BCUT2D eigenvalue weighted by Gasteiger charge is 2.39. The Kier molecular flexibility index (Phi) is 9.37. The normalized spacial score (nSPS) is 24.5. The lowest BCUT2D eigenvalue weighted by atomic mass is 9.89. The number of rotatable bonds is 7. The maximum Gasteiger partial charge on any atom is 0.257 e. The first kappa shape index (κ1) is 27.5. The van der Waals surface area contributed by atoms with Crippen LogP contribution in [0.3, 0.4) is 0 Å². The molecule has 4 atom stereocenters. The largest absolute Gasteiger partial charge is 0.392 e. The van der Waals surface area contributed by atoms with Crippen LogP contribution in [-0.2, 0) is 16.1 Å². The molecule has 1 amide bonds. The van der Waals surface area contributed by atoms with E-state index in [2.05, 4.69) is 34.3 Å². The highest BCUT2D eigenvalue weighted by molar-refractivity contribution is 6.03. The average molecular weight is 530 g/mol. The quantitative estimate of drug-likeness (QED) is 0.397. The van der Waals surface area contributed by atoms with Crippen molar-refractivity contribution in [3.63, 3.8) is 0 Å².